The maximum Gasteiger partial charge on any atom is 0.409 e. The van der Waals surface area contributed by atoms with Crippen LogP contribution >= 0.6 is 0 Å². The summed E-state index contributed by atoms with van der Waals surface area (Å²) in [5.41, 5.74) is 0. The van der Waals surface area contributed by atoms with Crippen LogP contribution < -0.4 is 0 Å². The van der Waals surface area contributed by atoms with E-state index in [2.05, 4.69) is 30.8 Å². The molecule has 2 saturated heterocycles. The van der Waals surface area contributed by atoms with Crippen molar-refractivity contribution in [3.05, 3.63) is 0 Å². The van der Waals surface area contributed by atoms with E-state index in [1.807, 2.05) is 11.8 Å². The molecule has 0 spiro atoms. The lowest BCUT2D eigenvalue weighted by Crippen LogP contribution is -2.52. The van der Waals surface area contributed by atoms with Gasteiger partial charge in [-0.25, -0.2) is 4.79 Å². The van der Waals surface area contributed by atoms with E-state index in [1.165, 1.54) is 19.4 Å². The highest BCUT2D eigenvalue weighted by atomic mass is 16.6. The number of amides is 1. The first-order valence-corrected chi connectivity index (χ1v) is 8.36. The minimum atomic E-state index is -0.147. The van der Waals surface area contributed by atoms with Gasteiger partial charge < -0.3 is 19.4 Å². The average molecular weight is 297 g/mol. The number of carbonyl (C=O) groups excluding carboxylic acids is 1. The Morgan fingerprint density at radius 1 is 1.19 bits per heavy atom. The molecule has 2 aliphatic heterocycles. The fourth-order valence-electron chi connectivity index (χ4n) is 3.60. The highest BCUT2D eigenvalue weighted by Crippen LogP contribution is 2.25. The molecule has 2 fully saturated rings. The standard InChI is InChI=1S/C16H31N3O2/c1-5-21-16(20)19-10-7-14(8-11-19)18(4)15-6-9-17(3)13(2)12-15/h13-15H,5-12H2,1-4H3/t13-,15+/m0/s1. The second kappa shape index (κ2) is 7.45. The SMILES string of the molecule is CCOC(=O)N1CCC(N(C)[C@@H]2CCN(C)[C@@H](C)C2)CC1. The molecule has 0 bridgehead atoms. The molecule has 5 heteroatoms. The fraction of sp³-hybridized carbons (Fsp3) is 0.938. The summed E-state index contributed by atoms with van der Waals surface area (Å²) in [6.07, 6.45) is 4.50. The van der Waals surface area contributed by atoms with Gasteiger partial charge in [0.1, 0.15) is 0 Å². The van der Waals surface area contributed by atoms with Crippen LogP contribution in [-0.4, -0.2) is 79.3 Å². The van der Waals surface area contributed by atoms with Crippen LogP contribution in [0.2, 0.25) is 0 Å². The molecule has 0 unspecified atom stereocenters. The Balaban J connectivity index is 1.80. The molecule has 2 aliphatic rings. The van der Waals surface area contributed by atoms with Gasteiger partial charge in [0, 0.05) is 31.2 Å². The van der Waals surface area contributed by atoms with Crippen LogP contribution in [0.3, 0.4) is 0 Å². The van der Waals surface area contributed by atoms with E-state index in [-0.39, 0.29) is 6.09 Å². The molecule has 0 aromatic heterocycles. The molecule has 5 nitrogen and oxygen atoms in total. The average Bonchev–Trinajstić information content (AvgIpc) is 2.50. The zero-order valence-electron chi connectivity index (χ0n) is 14.0. The van der Waals surface area contributed by atoms with Crippen molar-refractivity contribution in [1.82, 2.24) is 14.7 Å². The van der Waals surface area contributed by atoms with E-state index < -0.39 is 0 Å². The lowest BCUT2D eigenvalue weighted by Gasteiger charge is -2.44. The van der Waals surface area contributed by atoms with Gasteiger partial charge in [-0.3, -0.25) is 0 Å². The zero-order valence-corrected chi connectivity index (χ0v) is 14.0. The molecule has 0 N–H and O–H groups in total. The first-order chi connectivity index (χ1) is 10.0. The van der Waals surface area contributed by atoms with Crippen molar-refractivity contribution < 1.29 is 9.53 Å². The number of likely N-dealkylation sites (tertiary alicyclic amines) is 2. The molecule has 0 saturated carbocycles. The lowest BCUT2D eigenvalue weighted by molar-refractivity contribution is 0.0436. The Hall–Kier alpha value is -0.810. The van der Waals surface area contributed by atoms with Crippen LogP contribution in [0.5, 0.6) is 0 Å². The number of hydrogen-bond donors (Lipinski definition) is 0. The summed E-state index contributed by atoms with van der Waals surface area (Å²) in [6, 6.07) is 1.97. The summed E-state index contributed by atoms with van der Waals surface area (Å²) in [6.45, 7) is 7.50. The van der Waals surface area contributed by atoms with E-state index in [1.54, 1.807) is 0 Å². The van der Waals surface area contributed by atoms with Crippen LogP contribution in [0.15, 0.2) is 0 Å². The normalized spacial score (nSPS) is 28.9. The van der Waals surface area contributed by atoms with Crippen molar-refractivity contribution in [3.63, 3.8) is 0 Å². The largest absolute Gasteiger partial charge is 0.450 e. The van der Waals surface area contributed by atoms with Crippen molar-refractivity contribution in [2.75, 3.05) is 40.3 Å². The molecule has 122 valence electrons. The molecule has 0 aliphatic carbocycles. The Bertz CT molecular complexity index is 342. The van der Waals surface area contributed by atoms with Gasteiger partial charge in [0.25, 0.3) is 0 Å². The molecule has 0 aromatic rings. The van der Waals surface area contributed by atoms with Crippen molar-refractivity contribution in [2.24, 2.45) is 0 Å². The van der Waals surface area contributed by atoms with Gasteiger partial charge in [0.2, 0.25) is 0 Å². The van der Waals surface area contributed by atoms with Crippen molar-refractivity contribution in [2.45, 2.75) is 57.7 Å². The van der Waals surface area contributed by atoms with Crippen molar-refractivity contribution in [3.8, 4) is 0 Å². The van der Waals surface area contributed by atoms with Gasteiger partial charge >= 0.3 is 6.09 Å². The van der Waals surface area contributed by atoms with Gasteiger partial charge in [-0.1, -0.05) is 0 Å². The Morgan fingerprint density at radius 2 is 1.81 bits per heavy atom. The van der Waals surface area contributed by atoms with E-state index in [9.17, 15) is 4.79 Å². The topological polar surface area (TPSA) is 36.0 Å². The third-order valence-electron chi connectivity index (χ3n) is 5.32. The molecule has 2 rings (SSSR count). The van der Waals surface area contributed by atoms with E-state index in [0.717, 1.165) is 25.9 Å². The summed E-state index contributed by atoms with van der Waals surface area (Å²) in [7, 11) is 4.49. The quantitative estimate of drug-likeness (QED) is 0.798. The monoisotopic (exact) mass is 297 g/mol. The maximum atomic E-state index is 11.7. The van der Waals surface area contributed by atoms with Crippen molar-refractivity contribution in [1.29, 1.82) is 0 Å². The predicted molar refractivity (Wildman–Crippen MR) is 84.5 cm³/mol. The minimum absolute atomic E-state index is 0.147. The van der Waals surface area contributed by atoms with Gasteiger partial charge in [-0.15, -0.1) is 0 Å². The Morgan fingerprint density at radius 3 is 2.38 bits per heavy atom. The molecule has 0 aromatic carbocycles. The number of ether oxygens (including phenoxy) is 1. The van der Waals surface area contributed by atoms with Crippen LogP contribution in [0, 0.1) is 0 Å². The van der Waals surface area contributed by atoms with E-state index >= 15 is 0 Å². The number of piperidine rings is 2. The van der Waals surface area contributed by atoms with Gasteiger partial charge in [-0.2, -0.15) is 0 Å². The first-order valence-electron chi connectivity index (χ1n) is 8.36. The minimum Gasteiger partial charge on any atom is -0.450 e. The fourth-order valence-corrected chi connectivity index (χ4v) is 3.60. The third-order valence-corrected chi connectivity index (χ3v) is 5.32. The van der Waals surface area contributed by atoms with Gasteiger partial charge in [0.15, 0.2) is 0 Å². The number of carbonyl (C=O) groups is 1. The maximum absolute atomic E-state index is 11.7. The molecular formula is C16H31N3O2. The van der Waals surface area contributed by atoms with Gasteiger partial charge in [-0.05, 0) is 60.2 Å². The summed E-state index contributed by atoms with van der Waals surface area (Å²) in [5, 5.41) is 0. The lowest BCUT2D eigenvalue weighted by atomic mass is 9.94. The number of hydrogen-bond acceptors (Lipinski definition) is 4. The molecule has 1 amide bonds. The molecule has 2 atom stereocenters. The highest BCUT2D eigenvalue weighted by Gasteiger charge is 2.32. The molecular weight excluding hydrogens is 266 g/mol. The number of nitrogens with zero attached hydrogens (tertiary/aromatic N) is 3. The third kappa shape index (κ3) is 4.10. The summed E-state index contributed by atoms with van der Waals surface area (Å²) in [4.78, 5) is 18.6. The van der Waals surface area contributed by atoms with Crippen LogP contribution in [0.4, 0.5) is 4.79 Å². The van der Waals surface area contributed by atoms with Crippen LogP contribution in [-0.2, 0) is 4.74 Å². The summed E-state index contributed by atoms with van der Waals surface area (Å²) in [5.74, 6) is 0. The Kier molecular flexibility index (Phi) is 5.88. The summed E-state index contributed by atoms with van der Waals surface area (Å²) < 4.78 is 5.09. The Labute approximate surface area is 129 Å². The second-order valence-electron chi connectivity index (χ2n) is 6.59. The van der Waals surface area contributed by atoms with Crippen molar-refractivity contribution >= 4 is 6.09 Å². The van der Waals surface area contributed by atoms with Crippen LogP contribution in [0.1, 0.15) is 39.5 Å². The summed E-state index contributed by atoms with van der Waals surface area (Å²) >= 11 is 0. The smallest absolute Gasteiger partial charge is 0.409 e. The predicted octanol–water partition coefficient (Wildman–Crippen LogP) is 2.02. The molecule has 0 radical (unpaired) electrons. The highest BCUT2D eigenvalue weighted by molar-refractivity contribution is 5.67. The van der Waals surface area contributed by atoms with Gasteiger partial charge in [0.05, 0.1) is 6.61 Å². The van der Waals surface area contributed by atoms with E-state index in [4.69, 9.17) is 4.74 Å². The molecule has 2 heterocycles. The first kappa shape index (κ1) is 16.6. The van der Waals surface area contributed by atoms with Crippen LogP contribution in [0.25, 0.3) is 0 Å². The zero-order chi connectivity index (χ0) is 15.4. The number of rotatable bonds is 3. The second-order valence-corrected chi connectivity index (χ2v) is 6.59. The molecule has 21 heavy (non-hydrogen) atoms. The van der Waals surface area contributed by atoms with E-state index in [0.29, 0.717) is 24.7 Å².